The fourth-order valence-electron chi connectivity index (χ4n) is 6.04. The molecule has 12 heteroatoms. The molecule has 1 spiro atoms. The van der Waals surface area contributed by atoms with Gasteiger partial charge in [-0.2, -0.15) is 0 Å². The maximum Gasteiger partial charge on any atom is 0.237 e. The summed E-state index contributed by atoms with van der Waals surface area (Å²) >= 11 is 12.4. The van der Waals surface area contributed by atoms with Gasteiger partial charge in [-0.15, -0.1) is 12.4 Å². The second-order valence-electron chi connectivity index (χ2n) is 11.1. The van der Waals surface area contributed by atoms with Crippen LogP contribution in [0.2, 0.25) is 10.0 Å². The van der Waals surface area contributed by atoms with Crippen LogP contribution >= 0.6 is 35.6 Å². The Bertz CT molecular complexity index is 1250. The van der Waals surface area contributed by atoms with Crippen molar-refractivity contribution in [1.29, 1.82) is 0 Å². The first-order valence-corrected chi connectivity index (χ1v) is 13.7. The lowest BCUT2D eigenvalue weighted by Crippen LogP contribution is -2.50. The minimum absolute atomic E-state index is 0. The first-order chi connectivity index (χ1) is 18.4. The van der Waals surface area contributed by atoms with Crippen molar-refractivity contribution in [2.24, 2.45) is 5.41 Å². The summed E-state index contributed by atoms with van der Waals surface area (Å²) < 4.78 is 15.0. The third-order valence-corrected chi connectivity index (χ3v) is 8.43. The van der Waals surface area contributed by atoms with E-state index in [1.165, 1.54) is 12.1 Å². The lowest BCUT2D eigenvalue weighted by Gasteiger charge is -2.38. The highest BCUT2D eigenvalue weighted by atomic mass is 35.5. The van der Waals surface area contributed by atoms with Crippen LogP contribution in [0, 0.1) is 11.2 Å². The van der Waals surface area contributed by atoms with Gasteiger partial charge in [0, 0.05) is 35.8 Å². The summed E-state index contributed by atoms with van der Waals surface area (Å²) in [5, 5.41) is 37.9. The van der Waals surface area contributed by atoms with Gasteiger partial charge in [-0.05, 0) is 60.1 Å². The van der Waals surface area contributed by atoms with Gasteiger partial charge in [-0.1, -0.05) is 49.2 Å². The average Bonchev–Trinajstić information content (AvgIpc) is 3.34. The molecule has 1 saturated heterocycles. The molecule has 2 heterocycles. The molecule has 0 saturated carbocycles. The monoisotopic (exact) mass is 617 g/mol. The van der Waals surface area contributed by atoms with Gasteiger partial charge in [-0.3, -0.25) is 9.59 Å². The molecule has 2 aromatic rings. The second-order valence-corrected chi connectivity index (χ2v) is 12.0. The lowest BCUT2D eigenvalue weighted by molar-refractivity contribution is -0.124. The number of benzene rings is 2. The molecule has 1 fully saturated rings. The Morgan fingerprint density at radius 1 is 1.23 bits per heavy atom. The number of aliphatic hydroxyl groups excluding tert-OH is 3. The summed E-state index contributed by atoms with van der Waals surface area (Å²) in [4.78, 5) is 27.8. The number of rotatable bonds is 10. The van der Waals surface area contributed by atoms with Gasteiger partial charge in [0.05, 0.1) is 23.8 Å². The maximum atomic E-state index is 15.0. The topological polar surface area (TPSA) is 131 Å². The van der Waals surface area contributed by atoms with Crippen molar-refractivity contribution in [1.82, 2.24) is 10.6 Å². The number of nitrogens with one attached hydrogen (secondary N) is 3. The number of hydrogen-bond donors (Lipinski definition) is 6. The van der Waals surface area contributed by atoms with Gasteiger partial charge >= 0.3 is 0 Å². The van der Waals surface area contributed by atoms with E-state index >= 15 is 0 Å². The highest BCUT2D eigenvalue weighted by Crippen LogP contribution is 2.57. The molecule has 2 aromatic carbocycles. The van der Waals surface area contributed by atoms with Crippen molar-refractivity contribution in [3.63, 3.8) is 0 Å². The van der Waals surface area contributed by atoms with Gasteiger partial charge in [0.15, 0.2) is 0 Å². The molecule has 0 aliphatic carbocycles. The lowest BCUT2D eigenvalue weighted by atomic mass is 9.62. The zero-order valence-corrected chi connectivity index (χ0v) is 24.5. The molecule has 40 heavy (non-hydrogen) atoms. The Hall–Kier alpha value is -1.98. The van der Waals surface area contributed by atoms with Crippen LogP contribution in [0.25, 0.3) is 0 Å². The molecule has 8 nitrogen and oxygen atoms in total. The average molecular weight is 619 g/mol. The van der Waals surface area contributed by atoms with Crippen molar-refractivity contribution < 1.29 is 29.3 Å². The van der Waals surface area contributed by atoms with Crippen molar-refractivity contribution in [2.75, 3.05) is 25.1 Å². The molecule has 2 aliphatic heterocycles. The van der Waals surface area contributed by atoms with E-state index in [4.69, 9.17) is 28.3 Å². The van der Waals surface area contributed by atoms with Crippen LogP contribution in [0.4, 0.5) is 10.1 Å². The fraction of sp³-hybridized carbons (Fsp3) is 0.500. The number of amides is 2. The fourth-order valence-corrected chi connectivity index (χ4v) is 6.40. The molecule has 0 bridgehead atoms. The smallest absolute Gasteiger partial charge is 0.237 e. The van der Waals surface area contributed by atoms with Crippen molar-refractivity contribution in [2.45, 2.75) is 62.6 Å². The number of aliphatic hydroxyl groups is 3. The van der Waals surface area contributed by atoms with Gasteiger partial charge < -0.3 is 31.3 Å². The SMILES string of the molecule is CC(C)(CCO)C[C@H]1N[C@@H](C(=O)NCC[C@H](O)CO)[C@H](c2cccc(Cl)c2)[C@@]12C(=O)Nc1cc(Cl)c(F)cc12.Cl. The second kappa shape index (κ2) is 12.9. The van der Waals surface area contributed by atoms with E-state index < -0.39 is 59.2 Å². The highest BCUT2D eigenvalue weighted by molar-refractivity contribution is 6.31. The van der Waals surface area contributed by atoms with Crippen LogP contribution in [-0.2, 0) is 15.0 Å². The Morgan fingerprint density at radius 3 is 2.60 bits per heavy atom. The summed E-state index contributed by atoms with van der Waals surface area (Å²) in [6, 6.07) is 7.99. The standard InChI is InChI=1S/C28H34Cl2FN3O5.ClH/c1-27(2,7-9-35)13-22-28(18-11-20(31)19(30)12-21(18)33-26(28)39)23(15-4-3-5-16(29)10-15)24(34-22)25(38)32-8-6-17(37)14-36;/h3-5,10-12,17,22-24,34-37H,6-9,13-14H2,1-2H3,(H,32,38)(H,33,39);1H/t17-,22+,23-,24+,28-;/m0./s1. The van der Waals surface area contributed by atoms with Gasteiger partial charge in [0.25, 0.3) is 0 Å². The number of fused-ring (bicyclic) bond motifs is 2. The van der Waals surface area contributed by atoms with Gasteiger partial charge in [0.1, 0.15) is 11.2 Å². The Labute approximate surface area is 249 Å². The minimum Gasteiger partial charge on any atom is -0.396 e. The molecule has 0 aromatic heterocycles. The third kappa shape index (κ3) is 6.11. The van der Waals surface area contributed by atoms with E-state index in [-0.39, 0.29) is 37.0 Å². The largest absolute Gasteiger partial charge is 0.396 e. The highest BCUT2D eigenvalue weighted by Gasteiger charge is 2.66. The summed E-state index contributed by atoms with van der Waals surface area (Å²) in [6.07, 6.45) is -0.0109. The van der Waals surface area contributed by atoms with E-state index in [0.717, 1.165) is 0 Å². The van der Waals surface area contributed by atoms with E-state index in [1.54, 1.807) is 24.3 Å². The van der Waals surface area contributed by atoms with Crippen molar-refractivity contribution in [3.05, 3.63) is 63.4 Å². The van der Waals surface area contributed by atoms with Gasteiger partial charge in [-0.25, -0.2) is 4.39 Å². The molecule has 0 unspecified atom stereocenters. The molecule has 2 aliphatic rings. The van der Waals surface area contributed by atoms with Crippen LogP contribution < -0.4 is 16.0 Å². The number of anilines is 1. The molecule has 220 valence electrons. The number of carbonyl (C=O) groups excluding carboxylic acids is 2. The zero-order valence-electron chi connectivity index (χ0n) is 22.2. The van der Waals surface area contributed by atoms with E-state index in [2.05, 4.69) is 16.0 Å². The number of carbonyl (C=O) groups is 2. The molecular weight excluding hydrogens is 584 g/mol. The molecule has 5 atom stereocenters. The quantitative estimate of drug-likeness (QED) is 0.242. The normalized spacial score (nSPS) is 24.4. The van der Waals surface area contributed by atoms with Crippen molar-refractivity contribution >= 4 is 53.1 Å². The van der Waals surface area contributed by atoms with Crippen LogP contribution in [0.1, 0.15) is 50.2 Å². The zero-order chi connectivity index (χ0) is 28.5. The molecule has 4 rings (SSSR count). The predicted molar refractivity (Wildman–Crippen MR) is 155 cm³/mol. The van der Waals surface area contributed by atoms with E-state index in [1.807, 2.05) is 13.8 Å². The third-order valence-electron chi connectivity index (χ3n) is 7.91. The predicted octanol–water partition coefficient (Wildman–Crippen LogP) is 3.53. The molecular formula is C28H35Cl3FN3O5. The van der Waals surface area contributed by atoms with Gasteiger partial charge in [0.2, 0.25) is 11.8 Å². The Morgan fingerprint density at radius 2 is 1.95 bits per heavy atom. The summed E-state index contributed by atoms with van der Waals surface area (Å²) in [6.45, 7) is 3.54. The van der Waals surface area contributed by atoms with Crippen LogP contribution in [0.5, 0.6) is 0 Å². The summed E-state index contributed by atoms with van der Waals surface area (Å²) in [5.41, 5.74) is -0.473. The Balaban J connectivity index is 0.00000441. The Kier molecular flexibility index (Phi) is 10.5. The summed E-state index contributed by atoms with van der Waals surface area (Å²) in [7, 11) is 0. The first kappa shape index (κ1) is 32.5. The summed E-state index contributed by atoms with van der Waals surface area (Å²) in [5.74, 6) is -2.29. The molecule has 6 N–H and O–H groups in total. The molecule has 2 amide bonds. The molecule has 0 radical (unpaired) electrons. The van der Waals surface area contributed by atoms with Crippen LogP contribution in [0.15, 0.2) is 36.4 Å². The number of halogens is 4. The first-order valence-electron chi connectivity index (χ1n) is 12.9. The van der Waals surface area contributed by atoms with Crippen LogP contribution in [0.3, 0.4) is 0 Å². The maximum absolute atomic E-state index is 15.0. The van der Waals surface area contributed by atoms with Crippen molar-refractivity contribution in [3.8, 4) is 0 Å². The van der Waals surface area contributed by atoms with E-state index in [9.17, 15) is 24.2 Å². The van der Waals surface area contributed by atoms with E-state index in [0.29, 0.717) is 34.7 Å². The minimum atomic E-state index is -1.41. The number of hydrogen-bond acceptors (Lipinski definition) is 6. The van der Waals surface area contributed by atoms with Crippen LogP contribution in [-0.4, -0.2) is 65.1 Å².